The number of hydrogen-bond acceptors (Lipinski definition) is 2. The van der Waals surface area contributed by atoms with E-state index in [0.29, 0.717) is 10.9 Å². The van der Waals surface area contributed by atoms with Crippen molar-refractivity contribution in [3.05, 3.63) is 0 Å². The van der Waals surface area contributed by atoms with E-state index < -0.39 is 0 Å². The molecular weight excluding hydrogens is 154 g/mol. The zero-order chi connectivity index (χ0) is 6.85. The van der Waals surface area contributed by atoms with Gasteiger partial charge in [-0.05, 0) is 6.42 Å². The Bertz CT molecular complexity index is 128. The van der Waals surface area contributed by atoms with Crippen LogP contribution in [0.5, 0.6) is 0 Å². The van der Waals surface area contributed by atoms with Crippen molar-refractivity contribution in [2.24, 2.45) is 0 Å². The van der Waals surface area contributed by atoms with Gasteiger partial charge in [0.2, 0.25) is 0 Å². The standard InChI is InChI=1S/C5H9NOS2/c7-4-1-2-6(3-4)5(8)9/h4,7H,1-3H2,(H,8,9)/t4-/m1/s1. The third-order valence-electron chi connectivity index (χ3n) is 1.43. The maximum Gasteiger partial charge on any atom is 0.133 e. The van der Waals surface area contributed by atoms with Gasteiger partial charge in [-0.3, -0.25) is 0 Å². The molecule has 0 aromatic rings. The summed E-state index contributed by atoms with van der Waals surface area (Å²) in [6, 6.07) is 0. The van der Waals surface area contributed by atoms with Gasteiger partial charge >= 0.3 is 0 Å². The molecule has 0 aromatic carbocycles. The van der Waals surface area contributed by atoms with Crippen molar-refractivity contribution >= 4 is 29.2 Å². The van der Waals surface area contributed by atoms with Crippen LogP contribution in [0.2, 0.25) is 0 Å². The largest absolute Gasteiger partial charge is 0.391 e. The van der Waals surface area contributed by atoms with Crippen LogP contribution < -0.4 is 0 Å². The average Bonchev–Trinajstić information content (AvgIpc) is 2.14. The quantitative estimate of drug-likeness (QED) is 0.396. The van der Waals surface area contributed by atoms with Crippen LogP contribution in [-0.2, 0) is 0 Å². The van der Waals surface area contributed by atoms with Crippen LogP contribution >= 0.6 is 24.8 Å². The number of aliphatic hydroxyl groups excluding tert-OH is 1. The summed E-state index contributed by atoms with van der Waals surface area (Å²) in [5.41, 5.74) is 0. The van der Waals surface area contributed by atoms with E-state index in [-0.39, 0.29) is 6.10 Å². The summed E-state index contributed by atoms with van der Waals surface area (Å²) in [5, 5.41) is 9.01. The molecule has 4 heteroatoms. The highest BCUT2D eigenvalue weighted by Gasteiger charge is 2.19. The lowest BCUT2D eigenvalue weighted by Gasteiger charge is -2.13. The van der Waals surface area contributed by atoms with Crippen LogP contribution in [0.25, 0.3) is 0 Å². The zero-order valence-corrected chi connectivity index (χ0v) is 6.66. The van der Waals surface area contributed by atoms with Gasteiger partial charge in [0, 0.05) is 13.1 Å². The van der Waals surface area contributed by atoms with Crippen LogP contribution in [0.3, 0.4) is 0 Å². The molecule has 0 radical (unpaired) electrons. The second-order valence-corrected chi connectivity index (χ2v) is 3.28. The van der Waals surface area contributed by atoms with Crippen LogP contribution in [-0.4, -0.2) is 33.5 Å². The Labute approximate surface area is 65.3 Å². The monoisotopic (exact) mass is 163 g/mol. The molecule has 0 spiro atoms. The predicted octanol–water partition coefficient (Wildman–Crippen LogP) is 0.268. The van der Waals surface area contributed by atoms with E-state index in [0.717, 1.165) is 13.0 Å². The fraction of sp³-hybridized carbons (Fsp3) is 0.800. The molecule has 1 rings (SSSR count). The van der Waals surface area contributed by atoms with E-state index in [2.05, 4.69) is 12.6 Å². The minimum absolute atomic E-state index is 0.199. The van der Waals surface area contributed by atoms with Gasteiger partial charge in [0.25, 0.3) is 0 Å². The molecule has 1 aliphatic rings. The lowest BCUT2D eigenvalue weighted by molar-refractivity contribution is 0.189. The first-order valence-corrected chi connectivity index (χ1v) is 3.71. The minimum atomic E-state index is -0.199. The zero-order valence-electron chi connectivity index (χ0n) is 4.95. The molecule has 0 saturated carbocycles. The van der Waals surface area contributed by atoms with Crippen molar-refractivity contribution in [3.8, 4) is 0 Å². The molecule has 0 aromatic heterocycles. The van der Waals surface area contributed by atoms with E-state index >= 15 is 0 Å². The fourth-order valence-electron chi connectivity index (χ4n) is 0.916. The Hall–Kier alpha value is 0.200. The van der Waals surface area contributed by atoms with Crippen LogP contribution in [0.15, 0.2) is 0 Å². The van der Waals surface area contributed by atoms with Gasteiger partial charge in [0.1, 0.15) is 4.32 Å². The molecule has 1 fully saturated rings. The van der Waals surface area contributed by atoms with Crippen LogP contribution in [0.1, 0.15) is 6.42 Å². The minimum Gasteiger partial charge on any atom is -0.391 e. The number of β-amino-alcohol motifs (C(OH)–C–C–N with tert-alkyl or cyclic N) is 1. The first kappa shape index (κ1) is 7.31. The lowest BCUT2D eigenvalue weighted by atomic mass is 10.3. The van der Waals surface area contributed by atoms with Gasteiger partial charge in [-0.25, -0.2) is 0 Å². The number of aliphatic hydroxyl groups is 1. The van der Waals surface area contributed by atoms with E-state index in [1.165, 1.54) is 0 Å². The second kappa shape index (κ2) is 2.86. The average molecular weight is 163 g/mol. The Morgan fingerprint density at radius 1 is 1.78 bits per heavy atom. The maximum atomic E-state index is 9.01. The Morgan fingerprint density at radius 2 is 2.44 bits per heavy atom. The van der Waals surface area contributed by atoms with Crippen LogP contribution in [0.4, 0.5) is 0 Å². The third-order valence-corrected chi connectivity index (χ3v) is 1.97. The molecule has 2 nitrogen and oxygen atoms in total. The van der Waals surface area contributed by atoms with Crippen molar-refractivity contribution in [2.75, 3.05) is 13.1 Å². The molecule has 0 amide bonds. The van der Waals surface area contributed by atoms with Crippen molar-refractivity contribution in [1.82, 2.24) is 4.90 Å². The predicted molar refractivity (Wildman–Crippen MR) is 43.8 cm³/mol. The maximum absolute atomic E-state index is 9.01. The molecular formula is C5H9NOS2. The number of thiocarbonyl (C=S) groups is 1. The molecule has 9 heavy (non-hydrogen) atoms. The highest BCUT2D eigenvalue weighted by atomic mass is 32.1. The van der Waals surface area contributed by atoms with Crippen molar-refractivity contribution < 1.29 is 5.11 Å². The number of likely N-dealkylation sites (tertiary alicyclic amines) is 1. The van der Waals surface area contributed by atoms with E-state index in [9.17, 15) is 0 Å². The van der Waals surface area contributed by atoms with E-state index in [4.69, 9.17) is 17.3 Å². The smallest absolute Gasteiger partial charge is 0.133 e. The third kappa shape index (κ3) is 1.81. The summed E-state index contributed by atoms with van der Waals surface area (Å²) in [6.45, 7) is 1.51. The first-order chi connectivity index (χ1) is 4.20. The molecule has 0 aliphatic carbocycles. The van der Waals surface area contributed by atoms with Crippen molar-refractivity contribution in [3.63, 3.8) is 0 Å². The SMILES string of the molecule is O[C@@H]1CCN(C(=S)S)C1. The topological polar surface area (TPSA) is 23.5 Å². The lowest BCUT2D eigenvalue weighted by Crippen LogP contribution is -2.23. The molecule has 52 valence electrons. The van der Waals surface area contributed by atoms with E-state index in [1.54, 1.807) is 0 Å². The van der Waals surface area contributed by atoms with Crippen LogP contribution in [0, 0.1) is 0 Å². The summed E-state index contributed by atoms with van der Waals surface area (Å²) >= 11 is 8.77. The Kier molecular flexibility index (Phi) is 2.32. The van der Waals surface area contributed by atoms with Gasteiger partial charge in [-0.2, -0.15) is 0 Å². The summed E-state index contributed by atoms with van der Waals surface area (Å²) < 4.78 is 0.589. The van der Waals surface area contributed by atoms with Gasteiger partial charge in [0.05, 0.1) is 6.10 Å². The first-order valence-electron chi connectivity index (χ1n) is 2.86. The molecule has 0 bridgehead atoms. The summed E-state index contributed by atoms with van der Waals surface area (Å²) in [4.78, 5) is 1.89. The molecule has 1 aliphatic heterocycles. The number of thiol groups is 1. The fourth-order valence-corrected chi connectivity index (χ4v) is 1.26. The van der Waals surface area contributed by atoms with Crippen molar-refractivity contribution in [2.45, 2.75) is 12.5 Å². The molecule has 1 N–H and O–H groups in total. The normalized spacial score (nSPS) is 26.9. The van der Waals surface area contributed by atoms with Gasteiger partial charge in [0.15, 0.2) is 0 Å². The number of nitrogens with zero attached hydrogens (tertiary/aromatic N) is 1. The molecule has 1 atom stereocenters. The number of rotatable bonds is 0. The Balaban J connectivity index is 2.39. The molecule has 0 unspecified atom stereocenters. The van der Waals surface area contributed by atoms with Gasteiger partial charge in [-0.15, -0.1) is 12.6 Å². The summed E-state index contributed by atoms with van der Waals surface area (Å²) in [7, 11) is 0. The second-order valence-electron chi connectivity index (χ2n) is 2.17. The highest BCUT2D eigenvalue weighted by Crippen LogP contribution is 2.10. The Morgan fingerprint density at radius 3 is 2.67 bits per heavy atom. The summed E-state index contributed by atoms with van der Waals surface area (Å²) in [6.07, 6.45) is 0.621. The van der Waals surface area contributed by atoms with Crippen molar-refractivity contribution in [1.29, 1.82) is 0 Å². The van der Waals surface area contributed by atoms with E-state index in [1.807, 2.05) is 4.90 Å². The molecule has 1 saturated heterocycles. The molecule has 1 heterocycles. The van der Waals surface area contributed by atoms with Gasteiger partial charge < -0.3 is 10.0 Å². The summed E-state index contributed by atoms with van der Waals surface area (Å²) in [5.74, 6) is 0. The highest BCUT2D eigenvalue weighted by molar-refractivity contribution is 8.10. The van der Waals surface area contributed by atoms with Gasteiger partial charge in [-0.1, -0.05) is 12.2 Å². The number of hydrogen-bond donors (Lipinski definition) is 2.